The van der Waals surface area contributed by atoms with Crippen molar-refractivity contribution in [2.45, 2.75) is 39.5 Å². The van der Waals surface area contributed by atoms with E-state index in [4.69, 9.17) is 9.47 Å². The van der Waals surface area contributed by atoms with Crippen LogP contribution >= 0.6 is 0 Å². The van der Waals surface area contributed by atoms with Gasteiger partial charge < -0.3 is 19.4 Å². The van der Waals surface area contributed by atoms with Crippen LogP contribution in [0.4, 0.5) is 0 Å². The Balaban J connectivity index is 1.48. The number of nitrogens with zero attached hydrogens (tertiary/aromatic N) is 1. The van der Waals surface area contributed by atoms with Crippen LogP contribution in [0.5, 0.6) is 11.5 Å². The van der Waals surface area contributed by atoms with E-state index >= 15 is 0 Å². The first-order valence-electron chi connectivity index (χ1n) is 9.88. The minimum Gasteiger partial charge on any atom is -0.486 e. The van der Waals surface area contributed by atoms with Crippen LogP contribution in [0.3, 0.4) is 0 Å². The zero-order valence-electron chi connectivity index (χ0n) is 16.4. The first-order valence-corrected chi connectivity index (χ1v) is 9.88. The van der Waals surface area contributed by atoms with Crippen LogP contribution in [0.25, 0.3) is 10.9 Å². The molecule has 4 rings (SSSR count). The van der Waals surface area contributed by atoms with Gasteiger partial charge in [0, 0.05) is 25.2 Å². The van der Waals surface area contributed by atoms with Crippen molar-refractivity contribution in [1.29, 1.82) is 0 Å². The summed E-state index contributed by atoms with van der Waals surface area (Å²) in [4.78, 5) is 13.0. The maximum Gasteiger partial charge on any atom is 0.255 e. The lowest BCUT2D eigenvalue weighted by atomic mass is 10.1. The van der Waals surface area contributed by atoms with Crippen LogP contribution < -0.4 is 20.3 Å². The highest BCUT2D eigenvalue weighted by Gasteiger charge is 2.20. The van der Waals surface area contributed by atoms with Crippen LogP contribution in [0.15, 0.2) is 53.3 Å². The number of hydrogen-bond donors (Lipinski definition) is 1. The molecule has 1 aromatic heterocycles. The lowest BCUT2D eigenvalue weighted by Crippen LogP contribution is -2.39. The monoisotopic (exact) mass is 378 g/mol. The van der Waals surface area contributed by atoms with Crippen molar-refractivity contribution in [2.24, 2.45) is 0 Å². The summed E-state index contributed by atoms with van der Waals surface area (Å²) < 4.78 is 13.6. The van der Waals surface area contributed by atoms with E-state index in [1.807, 2.05) is 34.9 Å². The number of benzene rings is 2. The van der Waals surface area contributed by atoms with Gasteiger partial charge in [-0.1, -0.05) is 31.2 Å². The third-order valence-electron chi connectivity index (χ3n) is 5.03. The van der Waals surface area contributed by atoms with E-state index in [1.54, 1.807) is 0 Å². The molecule has 3 aromatic rings. The molecule has 0 saturated carbocycles. The Bertz CT molecular complexity index is 1040. The lowest BCUT2D eigenvalue weighted by molar-refractivity contribution is 0.0902. The molecule has 1 unspecified atom stereocenters. The van der Waals surface area contributed by atoms with Gasteiger partial charge in [0.25, 0.3) is 5.56 Å². The molecule has 0 saturated heterocycles. The highest BCUT2D eigenvalue weighted by atomic mass is 16.6. The lowest BCUT2D eigenvalue weighted by Gasteiger charge is -2.26. The largest absolute Gasteiger partial charge is 0.486 e. The fourth-order valence-corrected chi connectivity index (χ4v) is 3.65. The number of fused-ring (bicyclic) bond motifs is 2. The molecule has 5 heteroatoms. The van der Waals surface area contributed by atoms with Crippen molar-refractivity contribution < 1.29 is 9.47 Å². The van der Waals surface area contributed by atoms with Crippen molar-refractivity contribution in [2.75, 3.05) is 13.2 Å². The number of pyridine rings is 1. The summed E-state index contributed by atoms with van der Waals surface area (Å²) >= 11 is 0. The summed E-state index contributed by atoms with van der Waals surface area (Å²) in [5.41, 5.74) is 3.04. The smallest absolute Gasteiger partial charge is 0.255 e. The van der Waals surface area contributed by atoms with Crippen molar-refractivity contribution in [3.63, 3.8) is 0 Å². The SMILES string of the molecule is CCCn1c(=O)c(CNCC2COc3ccccc3O2)cc2ccc(C)cc21. The molecule has 28 heavy (non-hydrogen) atoms. The molecule has 1 atom stereocenters. The summed E-state index contributed by atoms with van der Waals surface area (Å²) in [6.45, 7) is 6.50. The summed E-state index contributed by atoms with van der Waals surface area (Å²) in [6, 6.07) is 16.0. The van der Waals surface area contributed by atoms with Gasteiger partial charge in [-0.05, 0) is 48.6 Å². The molecule has 1 aliphatic rings. The molecule has 2 heterocycles. The Morgan fingerprint density at radius 2 is 1.96 bits per heavy atom. The zero-order valence-corrected chi connectivity index (χ0v) is 16.4. The second-order valence-electron chi connectivity index (χ2n) is 7.32. The summed E-state index contributed by atoms with van der Waals surface area (Å²) in [5.74, 6) is 1.55. The summed E-state index contributed by atoms with van der Waals surface area (Å²) in [5, 5.41) is 4.47. The number of aryl methyl sites for hydroxylation is 2. The number of rotatable bonds is 6. The molecule has 0 radical (unpaired) electrons. The number of para-hydroxylation sites is 2. The average molecular weight is 378 g/mol. The molecule has 0 aliphatic carbocycles. The van der Waals surface area contributed by atoms with E-state index in [0.29, 0.717) is 19.7 Å². The first kappa shape index (κ1) is 18.6. The zero-order chi connectivity index (χ0) is 19.5. The highest BCUT2D eigenvalue weighted by molar-refractivity contribution is 5.80. The van der Waals surface area contributed by atoms with E-state index in [0.717, 1.165) is 46.5 Å². The highest BCUT2D eigenvalue weighted by Crippen LogP contribution is 2.30. The summed E-state index contributed by atoms with van der Waals surface area (Å²) in [6.07, 6.45) is 0.850. The molecule has 0 fully saturated rings. The molecular weight excluding hydrogens is 352 g/mol. The number of aromatic nitrogens is 1. The molecule has 146 valence electrons. The van der Waals surface area contributed by atoms with Crippen LogP contribution in [-0.4, -0.2) is 23.8 Å². The van der Waals surface area contributed by atoms with Gasteiger partial charge in [0.05, 0.1) is 5.52 Å². The summed E-state index contributed by atoms with van der Waals surface area (Å²) in [7, 11) is 0. The maximum atomic E-state index is 13.0. The van der Waals surface area contributed by atoms with Gasteiger partial charge in [-0.25, -0.2) is 0 Å². The topological polar surface area (TPSA) is 52.5 Å². The van der Waals surface area contributed by atoms with Crippen molar-refractivity contribution in [1.82, 2.24) is 9.88 Å². The van der Waals surface area contributed by atoms with Gasteiger partial charge in [0.2, 0.25) is 0 Å². The molecule has 2 aromatic carbocycles. The molecule has 1 aliphatic heterocycles. The number of ether oxygens (including phenoxy) is 2. The molecule has 0 bridgehead atoms. The minimum absolute atomic E-state index is 0.0733. The molecule has 0 spiro atoms. The number of nitrogens with one attached hydrogen (secondary N) is 1. The Hall–Kier alpha value is -2.79. The number of hydrogen-bond acceptors (Lipinski definition) is 4. The van der Waals surface area contributed by atoms with Crippen molar-refractivity contribution in [3.05, 3.63) is 70.0 Å². The van der Waals surface area contributed by atoms with Crippen LogP contribution in [0, 0.1) is 6.92 Å². The van der Waals surface area contributed by atoms with Crippen LogP contribution in [0.2, 0.25) is 0 Å². The maximum absolute atomic E-state index is 13.0. The third kappa shape index (κ3) is 3.76. The van der Waals surface area contributed by atoms with E-state index in [9.17, 15) is 4.79 Å². The Morgan fingerprint density at radius 3 is 2.79 bits per heavy atom. The van der Waals surface area contributed by atoms with Gasteiger partial charge >= 0.3 is 0 Å². The fourth-order valence-electron chi connectivity index (χ4n) is 3.65. The van der Waals surface area contributed by atoms with E-state index in [-0.39, 0.29) is 11.7 Å². The second kappa shape index (κ2) is 8.07. The molecule has 5 nitrogen and oxygen atoms in total. The van der Waals surface area contributed by atoms with E-state index in [1.165, 1.54) is 0 Å². The van der Waals surface area contributed by atoms with Gasteiger partial charge in [-0.2, -0.15) is 0 Å². The predicted octanol–water partition coefficient (Wildman–Crippen LogP) is 3.65. The van der Waals surface area contributed by atoms with E-state index < -0.39 is 0 Å². The van der Waals surface area contributed by atoms with Gasteiger partial charge in [-0.3, -0.25) is 4.79 Å². The molecule has 1 N–H and O–H groups in total. The third-order valence-corrected chi connectivity index (χ3v) is 5.03. The fraction of sp³-hybridized carbons (Fsp3) is 0.348. The Labute approximate surface area is 164 Å². The van der Waals surface area contributed by atoms with Crippen LogP contribution in [-0.2, 0) is 13.1 Å². The Morgan fingerprint density at radius 1 is 1.14 bits per heavy atom. The van der Waals surface area contributed by atoms with Gasteiger partial charge in [-0.15, -0.1) is 0 Å². The normalized spacial score (nSPS) is 15.7. The first-order chi connectivity index (χ1) is 13.7. The minimum atomic E-state index is -0.0733. The van der Waals surface area contributed by atoms with Gasteiger partial charge in [0.1, 0.15) is 12.7 Å². The van der Waals surface area contributed by atoms with E-state index in [2.05, 4.69) is 37.4 Å². The van der Waals surface area contributed by atoms with Crippen molar-refractivity contribution >= 4 is 10.9 Å². The average Bonchev–Trinajstić information content (AvgIpc) is 2.71. The second-order valence-corrected chi connectivity index (χ2v) is 7.32. The standard InChI is InChI=1S/C23H26N2O3/c1-3-10-25-20-11-16(2)8-9-17(20)12-18(23(25)26)13-24-14-19-15-27-21-6-4-5-7-22(21)28-19/h4-9,11-12,19,24H,3,10,13-15H2,1-2H3. The Kier molecular flexibility index (Phi) is 5.35. The molecule has 0 amide bonds. The quantitative estimate of drug-likeness (QED) is 0.711. The predicted molar refractivity (Wildman–Crippen MR) is 111 cm³/mol. The van der Waals surface area contributed by atoms with Crippen molar-refractivity contribution in [3.8, 4) is 11.5 Å². The van der Waals surface area contributed by atoms with Gasteiger partial charge in [0.15, 0.2) is 11.5 Å². The molecular formula is C23H26N2O3. The van der Waals surface area contributed by atoms with Crippen LogP contribution in [0.1, 0.15) is 24.5 Å².